The van der Waals surface area contributed by atoms with Crippen LogP contribution in [0.4, 0.5) is 10.1 Å². The van der Waals surface area contributed by atoms with E-state index in [-0.39, 0.29) is 28.5 Å². The summed E-state index contributed by atoms with van der Waals surface area (Å²) < 4.78 is 40.5. The van der Waals surface area contributed by atoms with Crippen molar-refractivity contribution in [2.24, 2.45) is 0 Å². The Morgan fingerprint density at radius 1 is 1.27 bits per heavy atom. The van der Waals surface area contributed by atoms with Crippen LogP contribution in [-0.2, 0) is 15.4 Å². The van der Waals surface area contributed by atoms with E-state index in [0.717, 1.165) is 0 Å². The number of sulfone groups is 1. The predicted molar refractivity (Wildman–Crippen MR) is 125 cm³/mol. The number of amidine groups is 1. The maximum atomic E-state index is 14.9. The fraction of sp³-hybridized carbons (Fsp3) is 0.409. The van der Waals surface area contributed by atoms with E-state index in [4.69, 9.17) is 17.0 Å². The number of carbonyl (C=O) groups is 1. The van der Waals surface area contributed by atoms with Crippen LogP contribution in [0.5, 0.6) is 0 Å². The van der Waals surface area contributed by atoms with Crippen LogP contribution in [0, 0.1) is 11.2 Å². The van der Waals surface area contributed by atoms with Crippen molar-refractivity contribution in [1.29, 1.82) is 5.41 Å². The van der Waals surface area contributed by atoms with Crippen LogP contribution in [0.25, 0.3) is 0 Å². The number of likely N-dealkylation sites (tertiary alicyclic amines) is 1. The van der Waals surface area contributed by atoms with E-state index in [0.29, 0.717) is 31.0 Å². The van der Waals surface area contributed by atoms with E-state index < -0.39 is 31.8 Å². The fourth-order valence-corrected chi connectivity index (χ4v) is 7.06. The summed E-state index contributed by atoms with van der Waals surface area (Å²) in [6, 6.07) is 6.94. The first-order valence-electron chi connectivity index (χ1n) is 10.5. The summed E-state index contributed by atoms with van der Waals surface area (Å²) >= 11 is 5.80. The molecule has 0 unspecified atom stereocenters. The standard InChI is InChI=1S/C22H25ClFN5O3S/c1-21(13-33(31,32)22(20(25)28-21)7-9-29(2)10-8-22)16-11-15(4-5-17(16)24)27-19(30)18-6-3-14(23)12-26-18/h3-6,11-12H,7-10,13H2,1-2H3,(H2,25,28)(H,27,30)/t21-/m0/s1. The molecule has 2 saturated heterocycles. The summed E-state index contributed by atoms with van der Waals surface area (Å²) in [5.74, 6) is -1.62. The van der Waals surface area contributed by atoms with Gasteiger partial charge >= 0.3 is 0 Å². The number of pyridine rings is 1. The predicted octanol–water partition coefficient (Wildman–Crippen LogP) is 2.80. The van der Waals surface area contributed by atoms with Crippen LogP contribution in [0.3, 0.4) is 0 Å². The Labute approximate surface area is 197 Å². The number of carbonyl (C=O) groups excluding carboxylic acids is 1. The summed E-state index contributed by atoms with van der Waals surface area (Å²) in [5.41, 5.74) is -0.908. The van der Waals surface area contributed by atoms with Gasteiger partial charge in [-0.2, -0.15) is 0 Å². The van der Waals surface area contributed by atoms with Gasteiger partial charge in [-0.25, -0.2) is 17.8 Å². The van der Waals surface area contributed by atoms with Crippen molar-refractivity contribution in [2.45, 2.75) is 30.1 Å². The summed E-state index contributed by atoms with van der Waals surface area (Å²) in [6.45, 7) is 2.69. The molecule has 1 amide bonds. The molecule has 1 atom stereocenters. The molecule has 3 N–H and O–H groups in total. The Kier molecular flexibility index (Phi) is 5.96. The van der Waals surface area contributed by atoms with Crippen LogP contribution in [-0.4, -0.2) is 60.7 Å². The Morgan fingerprint density at radius 3 is 2.58 bits per heavy atom. The highest BCUT2D eigenvalue weighted by Crippen LogP contribution is 2.41. The number of piperidine rings is 1. The molecule has 33 heavy (non-hydrogen) atoms. The fourth-order valence-electron chi connectivity index (χ4n) is 4.52. The molecular weight excluding hydrogens is 469 g/mol. The molecule has 2 aromatic rings. The molecule has 8 nitrogen and oxygen atoms in total. The minimum absolute atomic E-state index is 0.0560. The lowest BCUT2D eigenvalue weighted by Crippen LogP contribution is -2.68. The van der Waals surface area contributed by atoms with Crippen molar-refractivity contribution >= 4 is 38.9 Å². The third-order valence-corrected chi connectivity index (χ3v) is 9.49. The molecule has 176 valence electrons. The number of benzene rings is 1. The molecule has 2 fully saturated rings. The van der Waals surface area contributed by atoms with Crippen LogP contribution < -0.4 is 10.6 Å². The third kappa shape index (κ3) is 4.22. The summed E-state index contributed by atoms with van der Waals surface area (Å²) in [4.78, 5) is 18.5. The molecular formula is C22H25ClFN5O3S. The maximum absolute atomic E-state index is 14.9. The zero-order valence-corrected chi connectivity index (χ0v) is 19.9. The van der Waals surface area contributed by atoms with Gasteiger partial charge in [0.05, 0.1) is 16.3 Å². The first-order valence-corrected chi connectivity index (χ1v) is 12.5. The van der Waals surface area contributed by atoms with E-state index in [1.54, 1.807) is 6.92 Å². The SMILES string of the molecule is CN1CCC2(CC1)C(=N)N[C@](C)(c1cc(NC(=O)c3ccc(Cl)cn3)ccc1F)CS2(=O)=O. The Balaban J connectivity index is 1.63. The van der Waals surface area contributed by atoms with Gasteiger partial charge in [0.2, 0.25) is 0 Å². The second kappa shape index (κ2) is 8.34. The quantitative estimate of drug-likeness (QED) is 0.605. The van der Waals surface area contributed by atoms with Crippen molar-refractivity contribution in [1.82, 2.24) is 15.2 Å². The van der Waals surface area contributed by atoms with Gasteiger partial charge in [0.15, 0.2) is 9.84 Å². The number of anilines is 1. The first kappa shape index (κ1) is 23.6. The number of nitrogens with one attached hydrogen (secondary N) is 3. The third-order valence-electron chi connectivity index (χ3n) is 6.50. The summed E-state index contributed by atoms with van der Waals surface area (Å²) in [7, 11) is -1.85. The van der Waals surface area contributed by atoms with Crippen molar-refractivity contribution in [3.63, 3.8) is 0 Å². The van der Waals surface area contributed by atoms with Crippen LogP contribution in [0.1, 0.15) is 35.8 Å². The topological polar surface area (TPSA) is 115 Å². The highest BCUT2D eigenvalue weighted by molar-refractivity contribution is 7.93. The van der Waals surface area contributed by atoms with Gasteiger partial charge in [-0.05, 0) is 70.2 Å². The Hall–Kier alpha value is -2.56. The largest absolute Gasteiger partial charge is 0.362 e. The number of aromatic nitrogens is 1. The van der Waals surface area contributed by atoms with Crippen LogP contribution in [0.15, 0.2) is 36.5 Å². The minimum atomic E-state index is -3.76. The average Bonchev–Trinajstić information content (AvgIpc) is 2.74. The van der Waals surface area contributed by atoms with Crippen molar-refractivity contribution < 1.29 is 17.6 Å². The number of halogens is 2. The molecule has 11 heteroatoms. The zero-order valence-electron chi connectivity index (χ0n) is 18.3. The van der Waals surface area contributed by atoms with Gasteiger partial charge in [0.25, 0.3) is 5.91 Å². The van der Waals surface area contributed by atoms with Crippen molar-refractivity contribution in [2.75, 3.05) is 31.2 Å². The molecule has 0 radical (unpaired) electrons. The molecule has 2 aliphatic rings. The molecule has 1 aromatic heterocycles. The van der Waals surface area contributed by atoms with Gasteiger partial charge in [0, 0.05) is 17.4 Å². The molecule has 0 saturated carbocycles. The summed E-state index contributed by atoms with van der Waals surface area (Å²) in [6.07, 6.45) is 1.98. The van der Waals surface area contributed by atoms with E-state index in [2.05, 4.69) is 15.6 Å². The number of hydrogen-bond donors (Lipinski definition) is 3. The van der Waals surface area contributed by atoms with Gasteiger partial charge in [-0.1, -0.05) is 11.6 Å². The second-order valence-electron chi connectivity index (χ2n) is 8.90. The summed E-state index contributed by atoms with van der Waals surface area (Å²) in [5, 5.41) is 14.6. The van der Waals surface area contributed by atoms with Gasteiger partial charge in [-0.15, -0.1) is 0 Å². The molecule has 4 rings (SSSR count). The number of hydrogen-bond acceptors (Lipinski definition) is 6. The minimum Gasteiger partial charge on any atom is -0.362 e. The zero-order chi connectivity index (χ0) is 24.0. The first-order chi connectivity index (χ1) is 15.5. The van der Waals surface area contributed by atoms with E-state index >= 15 is 0 Å². The van der Waals surface area contributed by atoms with E-state index in [9.17, 15) is 17.6 Å². The van der Waals surface area contributed by atoms with Gasteiger partial charge in [-0.3, -0.25) is 10.2 Å². The maximum Gasteiger partial charge on any atom is 0.274 e. The highest BCUT2D eigenvalue weighted by atomic mass is 35.5. The molecule has 1 spiro atoms. The van der Waals surface area contributed by atoms with Crippen molar-refractivity contribution in [3.8, 4) is 0 Å². The molecule has 0 bridgehead atoms. The Bertz CT molecular complexity index is 1210. The lowest BCUT2D eigenvalue weighted by Gasteiger charge is -2.49. The Morgan fingerprint density at radius 2 is 1.97 bits per heavy atom. The lowest BCUT2D eigenvalue weighted by molar-refractivity contribution is 0.102. The van der Waals surface area contributed by atoms with Gasteiger partial charge in [0.1, 0.15) is 22.1 Å². The normalized spacial score (nSPS) is 24.3. The van der Waals surface area contributed by atoms with E-state index in [1.807, 2.05) is 11.9 Å². The molecule has 2 aliphatic heterocycles. The van der Waals surface area contributed by atoms with Crippen molar-refractivity contribution in [3.05, 3.63) is 58.6 Å². The van der Waals surface area contributed by atoms with Crippen LogP contribution in [0.2, 0.25) is 5.02 Å². The van der Waals surface area contributed by atoms with E-state index in [1.165, 1.54) is 36.5 Å². The second-order valence-corrected chi connectivity index (χ2v) is 11.6. The number of amides is 1. The molecule has 3 heterocycles. The molecule has 0 aliphatic carbocycles. The average molecular weight is 494 g/mol. The monoisotopic (exact) mass is 493 g/mol. The highest BCUT2D eigenvalue weighted by Gasteiger charge is 2.57. The lowest BCUT2D eigenvalue weighted by atomic mass is 9.88. The molecule has 1 aromatic carbocycles. The van der Waals surface area contributed by atoms with Gasteiger partial charge < -0.3 is 15.5 Å². The van der Waals surface area contributed by atoms with Crippen LogP contribution >= 0.6 is 11.6 Å². The smallest absolute Gasteiger partial charge is 0.274 e. The number of rotatable bonds is 3. The number of nitrogens with zero attached hydrogens (tertiary/aromatic N) is 2.